The van der Waals surface area contributed by atoms with Crippen molar-refractivity contribution in [2.45, 2.75) is 10.8 Å². The van der Waals surface area contributed by atoms with Crippen LogP contribution in [0.3, 0.4) is 0 Å². The largest absolute Gasteiger partial charge is 0.481 e. The SMILES string of the molecule is COc1cc(CNC(=O)CN(C)S(=O)(=O)c2cccs2)ccn1. The average molecular weight is 355 g/mol. The highest BCUT2D eigenvalue weighted by Gasteiger charge is 2.23. The van der Waals surface area contributed by atoms with E-state index in [0.29, 0.717) is 5.88 Å². The van der Waals surface area contributed by atoms with Gasteiger partial charge in [-0.2, -0.15) is 4.31 Å². The van der Waals surface area contributed by atoms with Gasteiger partial charge < -0.3 is 10.1 Å². The van der Waals surface area contributed by atoms with E-state index in [1.807, 2.05) is 0 Å². The van der Waals surface area contributed by atoms with Gasteiger partial charge in [0.25, 0.3) is 10.0 Å². The molecule has 0 saturated carbocycles. The fourth-order valence-electron chi connectivity index (χ4n) is 1.78. The van der Waals surface area contributed by atoms with E-state index >= 15 is 0 Å². The van der Waals surface area contributed by atoms with Crippen LogP contribution in [0.4, 0.5) is 0 Å². The molecule has 0 unspecified atom stereocenters. The number of amides is 1. The van der Waals surface area contributed by atoms with Crippen molar-refractivity contribution in [1.82, 2.24) is 14.6 Å². The number of methoxy groups -OCH3 is 1. The minimum atomic E-state index is -3.62. The van der Waals surface area contributed by atoms with Crippen molar-refractivity contribution in [2.75, 3.05) is 20.7 Å². The van der Waals surface area contributed by atoms with Crippen molar-refractivity contribution in [2.24, 2.45) is 0 Å². The molecule has 0 atom stereocenters. The summed E-state index contributed by atoms with van der Waals surface area (Å²) in [5, 5.41) is 4.35. The van der Waals surface area contributed by atoms with Gasteiger partial charge in [-0.25, -0.2) is 13.4 Å². The first-order chi connectivity index (χ1) is 10.9. The lowest BCUT2D eigenvalue weighted by Gasteiger charge is -2.15. The molecule has 23 heavy (non-hydrogen) atoms. The number of aromatic nitrogens is 1. The van der Waals surface area contributed by atoms with Crippen molar-refractivity contribution >= 4 is 27.3 Å². The van der Waals surface area contributed by atoms with Gasteiger partial charge in [-0.3, -0.25) is 4.79 Å². The first kappa shape index (κ1) is 17.4. The van der Waals surface area contributed by atoms with Gasteiger partial charge >= 0.3 is 0 Å². The van der Waals surface area contributed by atoms with Gasteiger partial charge in [0.1, 0.15) is 4.21 Å². The fourth-order valence-corrected chi connectivity index (χ4v) is 4.11. The number of hydrogen-bond acceptors (Lipinski definition) is 6. The monoisotopic (exact) mass is 355 g/mol. The molecule has 0 saturated heterocycles. The predicted octanol–water partition coefficient (Wildman–Crippen LogP) is 1.09. The Hall–Kier alpha value is -1.97. The van der Waals surface area contributed by atoms with Gasteiger partial charge in [0.15, 0.2) is 0 Å². The molecule has 2 aromatic heterocycles. The molecule has 0 bridgehead atoms. The molecule has 2 heterocycles. The van der Waals surface area contributed by atoms with E-state index in [1.54, 1.807) is 29.8 Å². The number of nitrogens with one attached hydrogen (secondary N) is 1. The molecule has 9 heteroatoms. The molecule has 124 valence electrons. The topological polar surface area (TPSA) is 88.6 Å². The molecular formula is C14H17N3O4S2. The molecule has 2 aromatic rings. The maximum atomic E-state index is 12.2. The predicted molar refractivity (Wildman–Crippen MR) is 86.8 cm³/mol. The third kappa shape index (κ3) is 4.50. The van der Waals surface area contributed by atoms with Crippen LogP contribution in [-0.4, -0.2) is 44.3 Å². The Balaban J connectivity index is 1.91. The summed E-state index contributed by atoms with van der Waals surface area (Å²) in [4.78, 5) is 15.9. The van der Waals surface area contributed by atoms with Crippen LogP contribution in [0.1, 0.15) is 5.56 Å². The minimum absolute atomic E-state index is 0.215. The number of ether oxygens (including phenoxy) is 1. The van der Waals surface area contributed by atoms with Crippen LogP contribution < -0.4 is 10.1 Å². The smallest absolute Gasteiger partial charge is 0.252 e. The lowest BCUT2D eigenvalue weighted by atomic mass is 10.2. The molecule has 1 amide bonds. The highest BCUT2D eigenvalue weighted by Crippen LogP contribution is 2.19. The van der Waals surface area contributed by atoms with Crippen LogP contribution in [0.15, 0.2) is 40.1 Å². The molecule has 0 aliphatic carbocycles. The third-order valence-electron chi connectivity index (χ3n) is 3.02. The zero-order chi connectivity index (χ0) is 16.9. The van der Waals surface area contributed by atoms with E-state index in [4.69, 9.17) is 4.74 Å². The van der Waals surface area contributed by atoms with Gasteiger partial charge in [0.05, 0.1) is 13.7 Å². The fraction of sp³-hybridized carbons (Fsp3) is 0.286. The number of sulfonamides is 1. The number of likely N-dealkylation sites (N-methyl/N-ethyl adjacent to an activating group) is 1. The van der Waals surface area contributed by atoms with Crippen molar-refractivity contribution in [1.29, 1.82) is 0 Å². The van der Waals surface area contributed by atoms with Crippen molar-refractivity contribution in [3.05, 3.63) is 41.4 Å². The van der Waals surface area contributed by atoms with Gasteiger partial charge in [-0.15, -0.1) is 11.3 Å². The van der Waals surface area contributed by atoms with E-state index in [0.717, 1.165) is 21.2 Å². The molecule has 0 aromatic carbocycles. The number of rotatable bonds is 7. The second-order valence-electron chi connectivity index (χ2n) is 4.68. The quantitative estimate of drug-likeness (QED) is 0.803. The summed E-state index contributed by atoms with van der Waals surface area (Å²) in [6.07, 6.45) is 1.58. The Kier molecular flexibility index (Phi) is 5.69. The lowest BCUT2D eigenvalue weighted by molar-refractivity contribution is -0.121. The van der Waals surface area contributed by atoms with Gasteiger partial charge in [0.2, 0.25) is 11.8 Å². The van der Waals surface area contributed by atoms with E-state index < -0.39 is 10.0 Å². The summed E-state index contributed by atoms with van der Waals surface area (Å²) in [6.45, 7) is 0.0209. The van der Waals surface area contributed by atoms with Gasteiger partial charge in [0, 0.05) is 25.9 Å². The summed E-state index contributed by atoms with van der Waals surface area (Å²) < 4.78 is 30.7. The zero-order valence-electron chi connectivity index (χ0n) is 12.7. The Morgan fingerprint density at radius 2 is 2.22 bits per heavy atom. The van der Waals surface area contributed by atoms with Crippen LogP contribution in [-0.2, 0) is 21.4 Å². The number of nitrogens with zero attached hydrogens (tertiary/aromatic N) is 2. The Labute approximate surface area is 139 Å². The van der Waals surface area contributed by atoms with E-state index in [-0.39, 0.29) is 23.2 Å². The maximum Gasteiger partial charge on any atom is 0.252 e. The molecule has 2 rings (SSSR count). The van der Waals surface area contributed by atoms with Crippen LogP contribution in [0, 0.1) is 0 Å². The number of thiophene rings is 1. The third-order valence-corrected chi connectivity index (χ3v) is 6.20. The summed E-state index contributed by atoms with van der Waals surface area (Å²) in [6, 6.07) is 6.61. The highest BCUT2D eigenvalue weighted by atomic mass is 32.2. The average Bonchev–Trinajstić information content (AvgIpc) is 3.08. The normalized spacial score (nSPS) is 11.4. The van der Waals surface area contributed by atoms with Crippen LogP contribution in [0.5, 0.6) is 5.88 Å². The molecule has 7 nitrogen and oxygen atoms in total. The molecule has 0 fully saturated rings. The molecule has 1 N–H and O–H groups in total. The Bertz CT molecular complexity index is 760. The van der Waals surface area contributed by atoms with Crippen molar-refractivity contribution in [3.63, 3.8) is 0 Å². The Morgan fingerprint density at radius 1 is 1.43 bits per heavy atom. The minimum Gasteiger partial charge on any atom is -0.481 e. The summed E-state index contributed by atoms with van der Waals surface area (Å²) in [5.74, 6) is 0.0672. The highest BCUT2D eigenvalue weighted by molar-refractivity contribution is 7.91. The lowest BCUT2D eigenvalue weighted by Crippen LogP contribution is -2.37. The number of hydrogen-bond donors (Lipinski definition) is 1. The van der Waals surface area contributed by atoms with E-state index in [2.05, 4.69) is 10.3 Å². The van der Waals surface area contributed by atoms with E-state index in [9.17, 15) is 13.2 Å². The van der Waals surface area contributed by atoms with Gasteiger partial charge in [-0.1, -0.05) is 6.07 Å². The van der Waals surface area contributed by atoms with Crippen LogP contribution in [0.2, 0.25) is 0 Å². The van der Waals surface area contributed by atoms with Crippen LogP contribution in [0.25, 0.3) is 0 Å². The summed E-state index contributed by atoms with van der Waals surface area (Å²) in [5.41, 5.74) is 0.814. The molecule has 0 aliphatic heterocycles. The first-order valence-corrected chi connectivity index (χ1v) is 9.01. The molecule has 0 radical (unpaired) electrons. The van der Waals surface area contributed by atoms with E-state index in [1.165, 1.54) is 20.2 Å². The summed E-state index contributed by atoms with van der Waals surface area (Å²) >= 11 is 1.12. The second kappa shape index (κ2) is 7.53. The number of pyridine rings is 1. The first-order valence-electron chi connectivity index (χ1n) is 6.69. The number of carbonyl (C=O) groups excluding carboxylic acids is 1. The van der Waals surface area contributed by atoms with Gasteiger partial charge in [-0.05, 0) is 23.1 Å². The molecule has 0 spiro atoms. The van der Waals surface area contributed by atoms with Crippen molar-refractivity contribution in [3.8, 4) is 5.88 Å². The molecule has 0 aliphatic rings. The van der Waals surface area contributed by atoms with Crippen LogP contribution >= 0.6 is 11.3 Å². The van der Waals surface area contributed by atoms with Crippen molar-refractivity contribution < 1.29 is 17.9 Å². The molecular weight excluding hydrogens is 338 g/mol. The number of carbonyl (C=O) groups is 1. The standard InChI is InChI=1S/C14H17N3O4S2/c1-17(23(19,20)14-4-3-7-22-14)10-12(18)16-9-11-5-6-15-13(8-11)21-2/h3-8H,9-10H2,1-2H3,(H,16,18). The maximum absolute atomic E-state index is 12.2. The second-order valence-corrected chi connectivity index (χ2v) is 7.90. The zero-order valence-corrected chi connectivity index (χ0v) is 14.4. The summed E-state index contributed by atoms with van der Waals surface area (Å²) in [7, 11) is -0.735. The Morgan fingerprint density at radius 3 is 2.87 bits per heavy atom.